The third kappa shape index (κ3) is 5.69. The van der Waals surface area contributed by atoms with Crippen LogP contribution in [0.25, 0.3) is 0 Å². The number of anilines is 1. The van der Waals surface area contributed by atoms with Gasteiger partial charge in [0.2, 0.25) is 0 Å². The van der Waals surface area contributed by atoms with E-state index in [1.165, 1.54) is 0 Å². The average Bonchev–Trinajstić information content (AvgIpc) is 2.55. The van der Waals surface area contributed by atoms with E-state index in [2.05, 4.69) is 27.8 Å². The Balaban J connectivity index is 2.60. The second-order valence-corrected chi connectivity index (χ2v) is 9.92. The highest BCUT2D eigenvalue weighted by molar-refractivity contribution is 9.10. The van der Waals surface area contributed by atoms with Gasteiger partial charge < -0.3 is 14.4 Å². The van der Waals surface area contributed by atoms with Crippen LogP contribution in [0.5, 0.6) is 0 Å². The lowest BCUT2D eigenvalue weighted by molar-refractivity contribution is -0.171. The van der Waals surface area contributed by atoms with Crippen LogP contribution in [0, 0.1) is 19.8 Å². The van der Waals surface area contributed by atoms with Gasteiger partial charge in [0, 0.05) is 24.3 Å². The molecular weight excluding hydrogens is 420 g/mol. The molecule has 6 heteroatoms. The quantitative estimate of drug-likeness (QED) is 0.549. The molecule has 0 spiro atoms. The molecule has 2 heterocycles. The Morgan fingerprint density at radius 3 is 2.25 bits per heavy atom. The van der Waals surface area contributed by atoms with Crippen LogP contribution in [0.1, 0.15) is 77.4 Å². The minimum Gasteiger partial charge on any atom is -0.461 e. The first-order valence-electron chi connectivity index (χ1n) is 10.2. The maximum absolute atomic E-state index is 13.1. The van der Waals surface area contributed by atoms with Crippen LogP contribution in [0.2, 0.25) is 0 Å². The predicted molar refractivity (Wildman–Crippen MR) is 117 cm³/mol. The van der Waals surface area contributed by atoms with E-state index in [0.29, 0.717) is 0 Å². The minimum atomic E-state index is -0.818. The Morgan fingerprint density at radius 2 is 1.75 bits per heavy atom. The molecule has 1 fully saturated rings. The molecule has 2 rings (SSSR count). The fourth-order valence-electron chi connectivity index (χ4n) is 3.55. The summed E-state index contributed by atoms with van der Waals surface area (Å²) in [5.74, 6) is 0.354. The molecule has 158 valence electrons. The Kier molecular flexibility index (Phi) is 7.54. The normalized spacial score (nSPS) is 17.1. The monoisotopic (exact) mass is 454 g/mol. The molecule has 1 atom stereocenters. The zero-order valence-electron chi connectivity index (χ0n) is 18.6. The fourth-order valence-corrected chi connectivity index (χ4v) is 4.10. The van der Waals surface area contributed by atoms with Gasteiger partial charge in [0.05, 0.1) is 27.6 Å². The second kappa shape index (κ2) is 9.12. The SMILES string of the molecule is Cc1nc(C)c(C(OC(C)(C)C)C(=O)OC(C)C)c(N2CCC(C)CC2)c1Br. The molecule has 5 nitrogen and oxygen atoms in total. The first kappa shape index (κ1) is 23.1. The molecule has 1 unspecified atom stereocenters. The Bertz CT molecular complexity index is 705. The third-order valence-electron chi connectivity index (χ3n) is 4.91. The molecule has 1 aliphatic heterocycles. The summed E-state index contributed by atoms with van der Waals surface area (Å²) in [5, 5.41) is 0. The summed E-state index contributed by atoms with van der Waals surface area (Å²) >= 11 is 3.75. The molecule has 0 bridgehead atoms. The highest BCUT2D eigenvalue weighted by Crippen LogP contribution is 2.41. The van der Waals surface area contributed by atoms with Crippen molar-refractivity contribution in [3.8, 4) is 0 Å². The molecule has 1 aromatic rings. The van der Waals surface area contributed by atoms with E-state index < -0.39 is 11.7 Å². The summed E-state index contributed by atoms with van der Waals surface area (Å²) in [4.78, 5) is 20.1. The van der Waals surface area contributed by atoms with E-state index in [0.717, 1.165) is 59.0 Å². The molecule has 1 aliphatic rings. The molecule has 0 N–H and O–H groups in total. The zero-order chi connectivity index (χ0) is 21.2. The number of piperidine rings is 1. The van der Waals surface area contributed by atoms with Gasteiger partial charge in [-0.2, -0.15) is 0 Å². The highest BCUT2D eigenvalue weighted by atomic mass is 79.9. The lowest BCUT2D eigenvalue weighted by Crippen LogP contribution is -2.36. The van der Waals surface area contributed by atoms with Crippen molar-refractivity contribution in [2.75, 3.05) is 18.0 Å². The van der Waals surface area contributed by atoms with Crippen molar-refractivity contribution in [3.05, 3.63) is 21.4 Å². The van der Waals surface area contributed by atoms with E-state index in [9.17, 15) is 4.79 Å². The molecule has 0 aliphatic carbocycles. The van der Waals surface area contributed by atoms with Crippen LogP contribution < -0.4 is 4.90 Å². The number of nitrogens with zero attached hydrogens (tertiary/aromatic N) is 2. The number of rotatable bonds is 5. The van der Waals surface area contributed by atoms with Gasteiger partial charge in [-0.3, -0.25) is 4.98 Å². The molecule has 28 heavy (non-hydrogen) atoms. The van der Waals surface area contributed by atoms with Gasteiger partial charge in [-0.25, -0.2) is 4.79 Å². The number of aryl methyl sites for hydroxylation is 2. The minimum absolute atomic E-state index is 0.208. The second-order valence-electron chi connectivity index (χ2n) is 9.12. The topological polar surface area (TPSA) is 51.7 Å². The molecule has 0 amide bonds. The summed E-state index contributed by atoms with van der Waals surface area (Å²) in [5.41, 5.74) is 3.06. The number of hydrogen-bond acceptors (Lipinski definition) is 5. The van der Waals surface area contributed by atoms with Gasteiger partial charge in [0.1, 0.15) is 0 Å². The van der Waals surface area contributed by atoms with Crippen LogP contribution in [-0.2, 0) is 14.3 Å². The smallest absolute Gasteiger partial charge is 0.340 e. The zero-order valence-corrected chi connectivity index (χ0v) is 20.1. The van der Waals surface area contributed by atoms with Crippen molar-refractivity contribution in [2.45, 2.75) is 86.0 Å². The third-order valence-corrected chi connectivity index (χ3v) is 5.85. The molecular formula is C22H35BrN2O3. The Morgan fingerprint density at radius 1 is 1.18 bits per heavy atom. The summed E-state index contributed by atoms with van der Waals surface area (Å²) in [6.45, 7) is 17.7. The fraction of sp³-hybridized carbons (Fsp3) is 0.727. The number of ether oxygens (including phenoxy) is 2. The number of carbonyl (C=O) groups is 1. The predicted octanol–water partition coefficient (Wildman–Crippen LogP) is 5.51. The molecule has 0 aromatic carbocycles. The van der Waals surface area contributed by atoms with Crippen LogP contribution in [0.15, 0.2) is 4.47 Å². The van der Waals surface area contributed by atoms with Crippen molar-refractivity contribution in [1.29, 1.82) is 0 Å². The number of esters is 1. The summed E-state index contributed by atoms with van der Waals surface area (Å²) in [7, 11) is 0. The Hall–Kier alpha value is -1.14. The lowest BCUT2D eigenvalue weighted by Gasteiger charge is -2.37. The van der Waals surface area contributed by atoms with Crippen molar-refractivity contribution >= 4 is 27.6 Å². The van der Waals surface area contributed by atoms with Crippen LogP contribution >= 0.6 is 15.9 Å². The first-order valence-corrected chi connectivity index (χ1v) is 11.0. The summed E-state index contributed by atoms with van der Waals surface area (Å²) in [6.07, 6.45) is 1.24. The van der Waals surface area contributed by atoms with Crippen LogP contribution in [-0.4, -0.2) is 35.7 Å². The van der Waals surface area contributed by atoms with E-state index in [1.54, 1.807) is 0 Å². The van der Waals surface area contributed by atoms with E-state index in [4.69, 9.17) is 14.5 Å². The molecule has 1 saturated heterocycles. The Labute approximate surface area is 178 Å². The number of aromatic nitrogens is 1. The lowest BCUT2D eigenvalue weighted by atomic mass is 9.96. The first-order chi connectivity index (χ1) is 12.9. The van der Waals surface area contributed by atoms with Gasteiger partial charge in [-0.05, 0) is 83.2 Å². The number of halogens is 1. The van der Waals surface area contributed by atoms with Crippen molar-refractivity contribution in [3.63, 3.8) is 0 Å². The van der Waals surface area contributed by atoms with Crippen LogP contribution in [0.4, 0.5) is 5.69 Å². The highest BCUT2D eigenvalue weighted by Gasteiger charge is 2.36. The molecule has 1 aromatic heterocycles. The van der Waals surface area contributed by atoms with E-state index in [-0.39, 0.29) is 12.1 Å². The molecule has 0 radical (unpaired) electrons. The van der Waals surface area contributed by atoms with Crippen molar-refractivity contribution < 1.29 is 14.3 Å². The maximum Gasteiger partial charge on any atom is 0.340 e. The van der Waals surface area contributed by atoms with Crippen molar-refractivity contribution in [1.82, 2.24) is 4.98 Å². The van der Waals surface area contributed by atoms with Crippen LogP contribution in [0.3, 0.4) is 0 Å². The van der Waals surface area contributed by atoms with Crippen molar-refractivity contribution in [2.24, 2.45) is 5.92 Å². The van der Waals surface area contributed by atoms with Gasteiger partial charge in [-0.1, -0.05) is 6.92 Å². The van der Waals surface area contributed by atoms with E-state index in [1.807, 2.05) is 48.5 Å². The summed E-state index contributed by atoms with van der Waals surface area (Å²) in [6, 6.07) is 0. The maximum atomic E-state index is 13.1. The largest absolute Gasteiger partial charge is 0.461 e. The number of carbonyl (C=O) groups excluding carboxylic acids is 1. The van der Waals surface area contributed by atoms with Gasteiger partial charge >= 0.3 is 5.97 Å². The van der Waals surface area contributed by atoms with E-state index >= 15 is 0 Å². The van der Waals surface area contributed by atoms with Gasteiger partial charge in [-0.15, -0.1) is 0 Å². The summed E-state index contributed by atoms with van der Waals surface area (Å²) < 4.78 is 12.8. The average molecular weight is 455 g/mol. The number of pyridine rings is 1. The van der Waals surface area contributed by atoms with Gasteiger partial charge in [0.25, 0.3) is 0 Å². The van der Waals surface area contributed by atoms with Gasteiger partial charge in [0.15, 0.2) is 6.10 Å². The standard InChI is InChI=1S/C22H35BrN2O3/c1-13(2)27-21(26)20(28-22(6,7)8)17-15(4)24-16(5)18(23)19(17)25-11-9-14(3)10-12-25/h13-14,20H,9-12H2,1-8H3. The number of hydrogen-bond donors (Lipinski definition) is 0. The molecule has 0 saturated carbocycles.